The first-order valence-electron chi connectivity index (χ1n) is 6.59. The summed E-state index contributed by atoms with van der Waals surface area (Å²) in [6.45, 7) is 0.465. The van der Waals surface area contributed by atoms with Crippen LogP contribution in [0.15, 0.2) is 67.1 Å². The van der Waals surface area contributed by atoms with Crippen molar-refractivity contribution in [3.05, 3.63) is 72.8 Å². The van der Waals surface area contributed by atoms with Gasteiger partial charge < -0.3 is 5.73 Å². The van der Waals surface area contributed by atoms with E-state index in [-0.39, 0.29) is 6.04 Å². The molecule has 20 heavy (non-hydrogen) atoms. The highest BCUT2D eigenvalue weighted by molar-refractivity contribution is 5.61. The highest BCUT2D eigenvalue weighted by Gasteiger charge is 2.14. The Bertz CT molecular complexity index is 661. The normalized spacial score (nSPS) is 12.2. The molecule has 1 unspecified atom stereocenters. The van der Waals surface area contributed by atoms with Gasteiger partial charge in [0, 0.05) is 24.5 Å². The molecule has 3 aromatic rings. The van der Waals surface area contributed by atoms with E-state index in [1.165, 1.54) is 0 Å². The first-order chi connectivity index (χ1) is 9.88. The van der Waals surface area contributed by atoms with Crippen LogP contribution in [0.1, 0.15) is 11.7 Å². The Balaban J connectivity index is 1.93. The minimum Gasteiger partial charge on any atom is -0.328 e. The molecule has 0 aliphatic carbocycles. The molecule has 0 aliphatic heterocycles. The second-order valence-electron chi connectivity index (χ2n) is 4.58. The summed E-state index contributed by atoms with van der Waals surface area (Å²) >= 11 is 0. The molecular formula is C16H16N4. The summed E-state index contributed by atoms with van der Waals surface area (Å²) in [6, 6.07) is 16.0. The summed E-state index contributed by atoms with van der Waals surface area (Å²) in [5, 5.41) is 4.44. The van der Waals surface area contributed by atoms with E-state index >= 15 is 0 Å². The van der Waals surface area contributed by atoms with Crippen molar-refractivity contribution in [3.8, 4) is 11.1 Å². The zero-order chi connectivity index (χ0) is 13.8. The molecule has 0 amide bonds. The lowest BCUT2D eigenvalue weighted by Crippen LogP contribution is -2.21. The Kier molecular flexibility index (Phi) is 3.56. The summed E-state index contributed by atoms with van der Waals surface area (Å²) in [4.78, 5) is 4.37. The molecule has 1 aromatic carbocycles. The van der Waals surface area contributed by atoms with E-state index in [1.54, 1.807) is 6.20 Å². The highest BCUT2D eigenvalue weighted by atomic mass is 15.3. The van der Waals surface area contributed by atoms with E-state index in [2.05, 4.69) is 22.2 Å². The lowest BCUT2D eigenvalue weighted by atomic mass is 10.1. The van der Waals surface area contributed by atoms with Gasteiger partial charge in [0.1, 0.15) is 6.04 Å². The van der Waals surface area contributed by atoms with Crippen molar-refractivity contribution in [2.45, 2.75) is 6.04 Å². The van der Waals surface area contributed by atoms with E-state index in [4.69, 9.17) is 5.73 Å². The predicted octanol–water partition coefficient (Wildman–Crippen LogP) is 2.49. The summed E-state index contributed by atoms with van der Waals surface area (Å²) in [6.07, 6.45) is 5.65. The third-order valence-electron chi connectivity index (χ3n) is 3.28. The Morgan fingerprint density at radius 3 is 2.50 bits per heavy atom. The van der Waals surface area contributed by atoms with Crippen LogP contribution in [0, 0.1) is 0 Å². The average Bonchev–Trinajstić information content (AvgIpc) is 3.00. The second-order valence-corrected chi connectivity index (χ2v) is 4.58. The summed E-state index contributed by atoms with van der Waals surface area (Å²) in [7, 11) is 0. The van der Waals surface area contributed by atoms with Gasteiger partial charge in [-0.25, -0.2) is 0 Å². The van der Waals surface area contributed by atoms with Gasteiger partial charge in [0.15, 0.2) is 0 Å². The molecule has 0 spiro atoms. The molecule has 4 heteroatoms. The fraction of sp³-hybridized carbons (Fsp3) is 0.125. The number of rotatable bonds is 4. The maximum Gasteiger partial charge on any atom is 0.106 e. The molecule has 0 saturated heterocycles. The van der Waals surface area contributed by atoms with Gasteiger partial charge in [-0.15, -0.1) is 0 Å². The number of pyridine rings is 1. The molecule has 0 fully saturated rings. The van der Waals surface area contributed by atoms with Gasteiger partial charge in [-0.05, 0) is 17.7 Å². The van der Waals surface area contributed by atoms with E-state index in [0.29, 0.717) is 6.54 Å². The quantitative estimate of drug-likeness (QED) is 0.787. The monoisotopic (exact) mass is 264 g/mol. The Labute approximate surface area is 117 Å². The van der Waals surface area contributed by atoms with Crippen molar-refractivity contribution < 1.29 is 0 Å². The van der Waals surface area contributed by atoms with Crippen LogP contribution >= 0.6 is 0 Å². The molecule has 3 rings (SSSR count). The molecule has 2 N–H and O–H groups in total. The molecule has 2 heterocycles. The van der Waals surface area contributed by atoms with Crippen molar-refractivity contribution in [3.63, 3.8) is 0 Å². The molecular weight excluding hydrogens is 248 g/mol. The van der Waals surface area contributed by atoms with E-state index in [9.17, 15) is 0 Å². The smallest absolute Gasteiger partial charge is 0.106 e. The maximum atomic E-state index is 5.88. The molecule has 2 aromatic heterocycles. The van der Waals surface area contributed by atoms with Crippen LogP contribution in [0.5, 0.6) is 0 Å². The van der Waals surface area contributed by atoms with Crippen molar-refractivity contribution in [2.24, 2.45) is 5.73 Å². The lowest BCUT2D eigenvalue weighted by Gasteiger charge is -2.14. The first-order valence-corrected chi connectivity index (χ1v) is 6.59. The zero-order valence-corrected chi connectivity index (χ0v) is 11.1. The number of hydrogen-bond acceptors (Lipinski definition) is 3. The van der Waals surface area contributed by atoms with Crippen molar-refractivity contribution in [1.82, 2.24) is 14.8 Å². The van der Waals surface area contributed by atoms with Crippen molar-refractivity contribution in [1.29, 1.82) is 0 Å². The number of hydrogen-bond donors (Lipinski definition) is 1. The lowest BCUT2D eigenvalue weighted by molar-refractivity contribution is 0.520. The fourth-order valence-corrected chi connectivity index (χ4v) is 2.23. The molecule has 100 valence electrons. The number of nitrogens with two attached hydrogens (primary N) is 1. The number of benzene rings is 1. The first kappa shape index (κ1) is 12.6. The van der Waals surface area contributed by atoms with Gasteiger partial charge in [0.25, 0.3) is 0 Å². The van der Waals surface area contributed by atoms with Gasteiger partial charge in [0.2, 0.25) is 0 Å². The summed E-state index contributed by atoms with van der Waals surface area (Å²) < 4.78 is 1.88. The van der Waals surface area contributed by atoms with Gasteiger partial charge >= 0.3 is 0 Å². The molecule has 0 saturated carbocycles. The van der Waals surface area contributed by atoms with Crippen molar-refractivity contribution >= 4 is 0 Å². The number of aromatic nitrogens is 3. The predicted molar refractivity (Wildman–Crippen MR) is 79.1 cm³/mol. The largest absolute Gasteiger partial charge is 0.328 e. The number of nitrogens with zero attached hydrogens (tertiary/aromatic N) is 3. The average molecular weight is 264 g/mol. The van der Waals surface area contributed by atoms with Crippen LogP contribution in [-0.2, 0) is 0 Å². The molecule has 1 atom stereocenters. The standard InChI is InChI=1S/C16H16N4/c17-10-16(15-8-4-5-9-18-15)20-12-14(11-19-20)13-6-2-1-3-7-13/h1-9,11-12,16H,10,17H2. The van der Waals surface area contributed by atoms with Gasteiger partial charge in [0.05, 0.1) is 11.9 Å². The summed E-state index contributed by atoms with van der Waals surface area (Å²) in [5.74, 6) is 0. The third kappa shape index (κ3) is 2.46. The van der Waals surface area contributed by atoms with Crippen LogP contribution in [-0.4, -0.2) is 21.3 Å². The summed E-state index contributed by atoms with van der Waals surface area (Å²) in [5.41, 5.74) is 9.04. The SMILES string of the molecule is NCC(c1ccccn1)n1cc(-c2ccccc2)cn1. The second kappa shape index (κ2) is 5.67. The molecule has 0 aliphatic rings. The van der Waals surface area contributed by atoms with E-state index in [0.717, 1.165) is 16.8 Å². The van der Waals surface area contributed by atoms with Crippen LogP contribution in [0.2, 0.25) is 0 Å². The maximum absolute atomic E-state index is 5.88. The Morgan fingerprint density at radius 2 is 1.80 bits per heavy atom. The van der Waals surface area contributed by atoms with Crippen LogP contribution in [0.3, 0.4) is 0 Å². The van der Waals surface area contributed by atoms with Crippen molar-refractivity contribution in [2.75, 3.05) is 6.54 Å². The van der Waals surface area contributed by atoms with E-state index in [1.807, 2.05) is 53.5 Å². The highest BCUT2D eigenvalue weighted by Crippen LogP contribution is 2.21. The fourth-order valence-electron chi connectivity index (χ4n) is 2.23. The van der Waals surface area contributed by atoms with Gasteiger partial charge in [-0.2, -0.15) is 5.10 Å². The van der Waals surface area contributed by atoms with Gasteiger partial charge in [-0.3, -0.25) is 9.67 Å². The third-order valence-corrected chi connectivity index (χ3v) is 3.28. The molecule has 0 radical (unpaired) electrons. The van der Waals surface area contributed by atoms with Crippen LogP contribution in [0.25, 0.3) is 11.1 Å². The zero-order valence-electron chi connectivity index (χ0n) is 11.1. The van der Waals surface area contributed by atoms with Crippen LogP contribution in [0.4, 0.5) is 0 Å². The topological polar surface area (TPSA) is 56.7 Å². The minimum atomic E-state index is -0.0336. The Morgan fingerprint density at radius 1 is 1.00 bits per heavy atom. The molecule has 0 bridgehead atoms. The van der Waals surface area contributed by atoms with E-state index < -0.39 is 0 Å². The molecule has 4 nitrogen and oxygen atoms in total. The van der Waals surface area contributed by atoms with Gasteiger partial charge in [-0.1, -0.05) is 36.4 Å². The van der Waals surface area contributed by atoms with Crippen LogP contribution < -0.4 is 5.73 Å². The minimum absolute atomic E-state index is 0.0336. The Hall–Kier alpha value is -2.46.